The van der Waals surface area contributed by atoms with Crippen LogP contribution in [-0.4, -0.2) is 21.8 Å². The summed E-state index contributed by atoms with van der Waals surface area (Å²) in [6.45, 7) is 0.548. The molecule has 2 atom stereocenters. The van der Waals surface area contributed by atoms with E-state index in [9.17, 15) is 4.21 Å². The van der Waals surface area contributed by atoms with Crippen LogP contribution in [0, 0.1) is 0 Å². The van der Waals surface area contributed by atoms with E-state index in [0.717, 1.165) is 19.3 Å². The summed E-state index contributed by atoms with van der Waals surface area (Å²) in [7, 11) is -0.683. The Balaban J connectivity index is 2.34. The number of rotatable bonds is 3. The van der Waals surface area contributed by atoms with Gasteiger partial charge in [-0.1, -0.05) is 12.2 Å². The van der Waals surface area contributed by atoms with Crippen LogP contribution in [0.25, 0.3) is 0 Å². The Kier molecular flexibility index (Phi) is 3.80. The minimum atomic E-state index is -0.683. The van der Waals surface area contributed by atoms with Crippen LogP contribution >= 0.6 is 0 Å². The molecule has 0 fully saturated rings. The molecule has 0 radical (unpaired) electrons. The van der Waals surface area contributed by atoms with Crippen LogP contribution in [-0.2, 0) is 10.8 Å². The summed E-state index contributed by atoms with van der Waals surface area (Å²) in [4.78, 5) is 0. The molecule has 0 amide bonds. The summed E-state index contributed by atoms with van der Waals surface area (Å²) >= 11 is 0. The van der Waals surface area contributed by atoms with Gasteiger partial charge in [0.25, 0.3) is 0 Å². The van der Waals surface area contributed by atoms with E-state index in [1.807, 2.05) is 0 Å². The first-order valence-electron chi connectivity index (χ1n) is 4.07. The van der Waals surface area contributed by atoms with Crippen LogP contribution in [0.15, 0.2) is 12.2 Å². The van der Waals surface area contributed by atoms with Gasteiger partial charge in [0, 0.05) is 28.3 Å². The molecule has 3 heteroatoms. The summed E-state index contributed by atoms with van der Waals surface area (Å²) < 4.78 is 11.4. The maximum Gasteiger partial charge on any atom is 0.0385 e. The zero-order valence-corrected chi connectivity index (χ0v) is 7.48. The number of hydrogen-bond acceptors (Lipinski definition) is 2. The molecule has 0 bridgehead atoms. The summed E-state index contributed by atoms with van der Waals surface area (Å²) in [6, 6.07) is 0. The van der Waals surface area contributed by atoms with Gasteiger partial charge in [0.2, 0.25) is 0 Å². The van der Waals surface area contributed by atoms with Crippen LogP contribution in [0.3, 0.4) is 0 Å². The first-order chi connectivity index (χ1) is 5.34. The predicted molar refractivity (Wildman–Crippen MR) is 48.8 cm³/mol. The summed E-state index contributed by atoms with van der Waals surface area (Å²) in [6.07, 6.45) is 7.43. The smallest absolute Gasteiger partial charge is 0.0385 e. The van der Waals surface area contributed by atoms with E-state index >= 15 is 0 Å². The Bertz CT molecular complexity index is 167. The third kappa shape index (κ3) is 2.75. The highest BCUT2D eigenvalue weighted by atomic mass is 32.2. The molecule has 0 saturated heterocycles. The van der Waals surface area contributed by atoms with Crippen LogP contribution in [0.4, 0.5) is 0 Å². The van der Waals surface area contributed by atoms with Gasteiger partial charge in [-0.3, -0.25) is 4.21 Å². The van der Waals surface area contributed by atoms with Gasteiger partial charge in [-0.2, -0.15) is 0 Å². The first-order valence-corrected chi connectivity index (χ1v) is 5.45. The average molecular weight is 173 g/mol. The van der Waals surface area contributed by atoms with E-state index in [1.54, 1.807) is 0 Å². The minimum absolute atomic E-state index is 0.378. The summed E-state index contributed by atoms with van der Waals surface area (Å²) in [5.74, 6) is 0.665. The molecule has 2 nitrogen and oxygen atoms in total. The van der Waals surface area contributed by atoms with E-state index < -0.39 is 10.8 Å². The van der Waals surface area contributed by atoms with Crippen molar-refractivity contribution in [1.29, 1.82) is 0 Å². The second kappa shape index (κ2) is 4.67. The van der Waals surface area contributed by atoms with Crippen molar-refractivity contribution >= 4 is 10.8 Å². The van der Waals surface area contributed by atoms with E-state index in [1.165, 1.54) is 0 Å². The molecule has 0 aromatic carbocycles. The molecule has 0 saturated carbocycles. The zero-order valence-electron chi connectivity index (χ0n) is 6.66. The SMILES string of the molecule is NCCS(=O)C1CC=CCC1. The predicted octanol–water partition coefficient (Wildman–Crippen LogP) is 0.802. The van der Waals surface area contributed by atoms with Crippen LogP contribution < -0.4 is 5.73 Å². The fraction of sp³-hybridized carbons (Fsp3) is 0.750. The Morgan fingerprint density at radius 3 is 2.91 bits per heavy atom. The molecular weight excluding hydrogens is 158 g/mol. The maximum atomic E-state index is 11.4. The number of allylic oxidation sites excluding steroid dienone is 2. The molecule has 0 spiro atoms. The molecule has 0 heterocycles. The van der Waals surface area contributed by atoms with E-state index in [2.05, 4.69) is 12.2 Å². The fourth-order valence-electron chi connectivity index (χ4n) is 1.29. The summed E-state index contributed by atoms with van der Waals surface area (Å²) in [5, 5.41) is 0.378. The highest BCUT2D eigenvalue weighted by molar-refractivity contribution is 7.85. The average Bonchev–Trinajstić information content (AvgIpc) is 2.07. The Hall–Kier alpha value is -0.150. The van der Waals surface area contributed by atoms with Crippen molar-refractivity contribution in [2.24, 2.45) is 5.73 Å². The highest BCUT2D eigenvalue weighted by Gasteiger charge is 2.15. The lowest BCUT2D eigenvalue weighted by atomic mass is 10.1. The molecule has 2 N–H and O–H groups in total. The van der Waals surface area contributed by atoms with Crippen LogP contribution in [0.5, 0.6) is 0 Å². The van der Waals surface area contributed by atoms with Crippen LogP contribution in [0.2, 0.25) is 0 Å². The Morgan fingerprint density at radius 1 is 1.55 bits per heavy atom. The van der Waals surface area contributed by atoms with Gasteiger partial charge in [0.15, 0.2) is 0 Å². The molecule has 1 aliphatic carbocycles. The van der Waals surface area contributed by atoms with Crippen molar-refractivity contribution in [2.75, 3.05) is 12.3 Å². The Morgan fingerprint density at radius 2 is 2.36 bits per heavy atom. The standard InChI is InChI=1S/C8H15NOS/c9-6-7-11(10)8-4-2-1-3-5-8/h1-2,8H,3-7,9H2. The van der Waals surface area contributed by atoms with Crippen molar-refractivity contribution < 1.29 is 4.21 Å². The second-order valence-electron chi connectivity index (χ2n) is 2.78. The third-order valence-electron chi connectivity index (χ3n) is 1.91. The molecule has 0 aromatic rings. The lowest BCUT2D eigenvalue weighted by Crippen LogP contribution is -2.22. The molecule has 64 valence electrons. The molecule has 1 rings (SSSR count). The van der Waals surface area contributed by atoms with Gasteiger partial charge in [-0.05, 0) is 19.3 Å². The van der Waals surface area contributed by atoms with Gasteiger partial charge in [0.1, 0.15) is 0 Å². The van der Waals surface area contributed by atoms with Crippen molar-refractivity contribution in [3.05, 3.63) is 12.2 Å². The van der Waals surface area contributed by atoms with Gasteiger partial charge in [-0.15, -0.1) is 0 Å². The number of hydrogen-bond donors (Lipinski definition) is 1. The van der Waals surface area contributed by atoms with Crippen molar-refractivity contribution in [1.82, 2.24) is 0 Å². The second-order valence-corrected chi connectivity index (χ2v) is 4.62. The molecule has 2 unspecified atom stereocenters. The van der Waals surface area contributed by atoms with Crippen molar-refractivity contribution in [3.63, 3.8) is 0 Å². The van der Waals surface area contributed by atoms with Crippen LogP contribution in [0.1, 0.15) is 19.3 Å². The van der Waals surface area contributed by atoms with Gasteiger partial charge in [-0.25, -0.2) is 0 Å². The highest BCUT2D eigenvalue weighted by Crippen LogP contribution is 2.16. The van der Waals surface area contributed by atoms with E-state index in [4.69, 9.17) is 5.73 Å². The molecule has 1 aliphatic rings. The van der Waals surface area contributed by atoms with Gasteiger partial charge >= 0.3 is 0 Å². The monoisotopic (exact) mass is 173 g/mol. The largest absolute Gasteiger partial charge is 0.330 e. The van der Waals surface area contributed by atoms with Gasteiger partial charge < -0.3 is 5.73 Å². The molecular formula is C8H15NOS. The quantitative estimate of drug-likeness (QED) is 0.642. The maximum absolute atomic E-state index is 11.4. The topological polar surface area (TPSA) is 43.1 Å². The lowest BCUT2D eigenvalue weighted by molar-refractivity contribution is 0.651. The molecule has 0 aromatic heterocycles. The molecule has 11 heavy (non-hydrogen) atoms. The van der Waals surface area contributed by atoms with Crippen molar-refractivity contribution in [2.45, 2.75) is 24.5 Å². The van der Waals surface area contributed by atoms with E-state index in [0.29, 0.717) is 17.5 Å². The third-order valence-corrected chi connectivity index (χ3v) is 3.72. The van der Waals surface area contributed by atoms with Gasteiger partial charge in [0.05, 0.1) is 0 Å². The Labute approximate surface area is 70.3 Å². The zero-order chi connectivity index (χ0) is 8.10. The van der Waals surface area contributed by atoms with E-state index in [-0.39, 0.29) is 0 Å². The lowest BCUT2D eigenvalue weighted by Gasteiger charge is -2.16. The van der Waals surface area contributed by atoms with Crippen molar-refractivity contribution in [3.8, 4) is 0 Å². The summed E-state index contributed by atoms with van der Waals surface area (Å²) in [5.41, 5.74) is 5.33. The molecule has 0 aliphatic heterocycles. The fourth-order valence-corrected chi connectivity index (χ4v) is 2.58. The minimum Gasteiger partial charge on any atom is -0.330 e. The normalized spacial score (nSPS) is 26.8. The first kappa shape index (κ1) is 8.94. The number of nitrogens with two attached hydrogens (primary N) is 1.